The molecule has 4 nitrogen and oxygen atoms in total. The molecule has 108 valence electrons. The van der Waals surface area contributed by atoms with E-state index in [0.29, 0.717) is 0 Å². The molecule has 0 N–H and O–H groups in total. The van der Waals surface area contributed by atoms with Gasteiger partial charge in [0.25, 0.3) is 0 Å². The first kappa shape index (κ1) is 16.9. The fourth-order valence-electron chi connectivity index (χ4n) is 3.43. The van der Waals surface area contributed by atoms with Crippen LogP contribution in [0.25, 0.3) is 0 Å². The zero-order chi connectivity index (χ0) is 10.9. The molecule has 0 saturated carbocycles. The first-order chi connectivity index (χ1) is 7.83. The van der Waals surface area contributed by atoms with Crippen molar-refractivity contribution >= 4 is 34.0 Å². The van der Waals surface area contributed by atoms with Crippen molar-refractivity contribution < 1.29 is 18.4 Å². The van der Waals surface area contributed by atoms with Gasteiger partial charge < -0.3 is 18.4 Å². The van der Waals surface area contributed by atoms with E-state index >= 15 is 0 Å². The molecule has 0 unspecified atom stereocenters. The van der Waals surface area contributed by atoms with Gasteiger partial charge in [0, 0.05) is 0 Å². The van der Waals surface area contributed by atoms with Gasteiger partial charge >= 0.3 is 0 Å². The van der Waals surface area contributed by atoms with E-state index in [2.05, 4.69) is 0 Å². The predicted octanol–water partition coefficient (Wildman–Crippen LogP) is 0.850. The summed E-state index contributed by atoms with van der Waals surface area (Å²) in [5, 5.41) is 0. The van der Waals surface area contributed by atoms with E-state index < -0.39 is 0 Å². The van der Waals surface area contributed by atoms with Gasteiger partial charge in [0.1, 0.15) is 52.4 Å². The van der Waals surface area contributed by atoms with Gasteiger partial charge in [-0.3, -0.25) is 0 Å². The third kappa shape index (κ3) is 3.46. The summed E-state index contributed by atoms with van der Waals surface area (Å²) in [6, 6.07) is 0. The SMILES string of the molecule is Br.Br.C1C[N+]2(CCO1)CC[N+]1(CCOCC1)CC2. The summed E-state index contributed by atoms with van der Waals surface area (Å²) in [6.45, 7) is 14.3. The number of piperazine rings is 1. The molecule has 0 atom stereocenters. The van der Waals surface area contributed by atoms with Crippen LogP contribution < -0.4 is 0 Å². The van der Waals surface area contributed by atoms with Crippen molar-refractivity contribution in [1.82, 2.24) is 0 Å². The summed E-state index contributed by atoms with van der Waals surface area (Å²) in [6.07, 6.45) is 0. The Bertz CT molecular complexity index is 216. The second-order valence-electron chi connectivity index (χ2n) is 5.70. The van der Waals surface area contributed by atoms with Crippen molar-refractivity contribution in [3.8, 4) is 0 Å². The van der Waals surface area contributed by atoms with Crippen molar-refractivity contribution in [2.24, 2.45) is 0 Å². The Morgan fingerprint density at radius 1 is 0.444 bits per heavy atom. The largest absolute Gasteiger partial charge is 0.370 e. The number of hydrogen-bond donors (Lipinski definition) is 0. The maximum Gasteiger partial charge on any atom is 0.129 e. The Morgan fingerprint density at radius 3 is 1.00 bits per heavy atom. The minimum Gasteiger partial charge on any atom is -0.370 e. The molecule has 0 radical (unpaired) electrons. The zero-order valence-electron chi connectivity index (χ0n) is 11.0. The highest BCUT2D eigenvalue weighted by atomic mass is 79.9. The van der Waals surface area contributed by atoms with Crippen LogP contribution in [0.1, 0.15) is 0 Å². The maximum absolute atomic E-state index is 5.49. The molecule has 0 aliphatic carbocycles. The molecular formula is C12H26Br2N2O2+2. The van der Waals surface area contributed by atoms with Gasteiger partial charge in [0.05, 0.1) is 26.4 Å². The number of rotatable bonds is 0. The first-order valence-electron chi connectivity index (χ1n) is 6.68. The number of quaternary nitrogens is 2. The lowest BCUT2D eigenvalue weighted by molar-refractivity contribution is -1.04. The quantitative estimate of drug-likeness (QED) is 0.572. The van der Waals surface area contributed by atoms with Crippen molar-refractivity contribution in [3.63, 3.8) is 0 Å². The Kier molecular flexibility index (Phi) is 6.55. The molecule has 0 bridgehead atoms. The maximum atomic E-state index is 5.49. The van der Waals surface area contributed by atoms with Crippen LogP contribution in [-0.2, 0) is 9.47 Å². The molecule has 3 aliphatic heterocycles. The summed E-state index contributed by atoms with van der Waals surface area (Å²) >= 11 is 0. The first-order valence-corrected chi connectivity index (χ1v) is 6.68. The molecule has 3 aliphatic rings. The van der Waals surface area contributed by atoms with Crippen LogP contribution in [-0.4, -0.2) is 87.8 Å². The van der Waals surface area contributed by atoms with Crippen molar-refractivity contribution in [3.05, 3.63) is 0 Å². The van der Waals surface area contributed by atoms with Gasteiger partial charge in [-0.25, -0.2) is 0 Å². The van der Waals surface area contributed by atoms with Crippen LogP contribution in [0.15, 0.2) is 0 Å². The Hall–Kier alpha value is 0.800. The van der Waals surface area contributed by atoms with Crippen LogP contribution in [0.3, 0.4) is 0 Å². The number of halogens is 2. The molecule has 3 fully saturated rings. The van der Waals surface area contributed by atoms with E-state index in [-0.39, 0.29) is 34.0 Å². The van der Waals surface area contributed by atoms with E-state index in [9.17, 15) is 0 Å². The highest BCUT2D eigenvalue weighted by Gasteiger charge is 2.43. The summed E-state index contributed by atoms with van der Waals surface area (Å²) in [5.74, 6) is 0. The molecule has 0 aromatic rings. The minimum absolute atomic E-state index is 0. The molecule has 2 spiro atoms. The summed E-state index contributed by atoms with van der Waals surface area (Å²) in [7, 11) is 0. The molecule has 0 aromatic heterocycles. The average Bonchev–Trinajstić information content (AvgIpc) is 2.36. The molecule has 6 heteroatoms. The van der Waals surface area contributed by atoms with Gasteiger partial charge in [-0.05, 0) is 0 Å². The van der Waals surface area contributed by atoms with Gasteiger partial charge in [0.2, 0.25) is 0 Å². The van der Waals surface area contributed by atoms with Crippen LogP contribution in [0.2, 0.25) is 0 Å². The Balaban J connectivity index is 0.000000810. The van der Waals surface area contributed by atoms with E-state index in [1.54, 1.807) is 0 Å². The summed E-state index contributed by atoms with van der Waals surface area (Å²) in [4.78, 5) is 0. The highest BCUT2D eigenvalue weighted by Crippen LogP contribution is 2.22. The second kappa shape index (κ2) is 6.99. The normalized spacial score (nSPS) is 29.3. The van der Waals surface area contributed by atoms with Crippen molar-refractivity contribution in [2.45, 2.75) is 0 Å². The Labute approximate surface area is 131 Å². The van der Waals surface area contributed by atoms with Gasteiger partial charge in [-0.2, -0.15) is 0 Å². The predicted molar refractivity (Wildman–Crippen MR) is 81.7 cm³/mol. The van der Waals surface area contributed by atoms with Crippen LogP contribution in [0.5, 0.6) is 0 Å². The number of ether oxygens (including phenoxy) is 2. The smallest absolute Gasteiger partial charge is 0.129 e. The molecule has 3 saturated heterocycles. The van der Waals surface area contributed by atoms with Gasteiger partial charge in [0.15, 0.2) is 0 Å². The minimum atomic E-state index is 0. The standard InChI is InChI=1S/C12H24N2O2.2BrH/c1-2-14(7-11-16-12-8-14)4-3-13(1)5-9-15-10-6-13;;/h1-12H2;2*1H/q+2;;. The number of hydrogen-bond acceptors (Lipinski definition) is 2. The van der Waals surface area contributed by atoms with E-state index in [4.69, 9.17) is 9.47 Å². The monoisotopic (exact) mass is 388 g/mol. The topological polar surface area (TPSA) is 18.5 Å². The Morgan fingerprint density at radius 2 is 0.722 bits per heavy atom. The molecule has 3 rings (SSSR count). The van der Waals surface area contributed by atoms with Crippen LogP contribution >= 0.6 is 34.0 Å². The van der Waals surface area contributed by atoms with Crippen LogP contribution in [0.4, 0.5) is 0 Å². The van der Waals surface area contributed by atoms with Gasteiger partial charge in [-0.15, -0.1) is 34.0 Å². The number of nitrogens with zero attached hydrogens (tertiary/aromatic N) is 2. The summed E-state index contributed by atoms with van der Waals surface area (Å²) in [5.41, 5.74) is 0. The van der Waals surface area contributed by atoms with Crippen LogP contribution in [0, 0.1) is 0 Å². The lowest BCUT2D eigenvalue weighted by Crippen LogP contribution is -2.71. The van der Waals surface area contributed by atoms with Gasteiger partial charge in [-0.1, -0.05) is 0 Å². The van der Waals surface area contributed by atoms with Crippen molar-refractivity contribution in [1.29, 1.82) is 0 Å². The molecule has 3 heterocycles. The summed E-state index contributed by atoms with van der Waals surface area (Å²) < 4.78 is 13.7. The fraction of sp³-hybridized carbons (Fsp3) is 1.00. The lowest BCUT2D eigenvalue weighted by Gasteiger charge is -2.51. The molecule has 0 aromatic carbocycles. The lowest BCUT2D eigenvalue weighted by atomic mass is 10.1. The van der Waals surface area contributed by atoms with E-state index in [1.807, 2.05) is 0 Å². The fourth-order valence-corrected chi connectivity index (χ4v) is 3.43. The van der Waals surface area contributed by atoms with E-state index in [0.717, 1.165) is 26.4 Å². The third-order valence-corrected chi connectivity index (χ3v) is 4.94. The van der Waals surface area contributed by atoms with Crippen molar-refractivity contribution in [2.75, 3.05) is 78.8 Å². The molecule has 0 amide bonds. The van der Waals surface area contributed by atoms with E-state index in [1.165, 1.54) is 61.3 Å². The molecular weight excluding hydrogens is 364 g/mol. The number of morpholine rings is 2. The molecule has 18 heavy (non-hydrogen) atoms. The highest BCUT2D eigenvalue weighted by molar-refractivity contribution is 8.93. The average molecular weight is 390 g/mol. The second-order valence-corrected chi connectivity index (χ2v) is 5.70. The third-order valence-electron chi connectivity index (χ3n) is 4.94. The zero-order valence-corrected chi connectivity index (χ0v) is 14.4.